The Kier molecular flexibility index (Phi) is 14.1. The lowest BCUT2D eigenvalue weighted by Crippen LogP contribution is -2.53. The fourth-order valence-corrected chi connectivity index (χ4v) is 11.1. The minimum absolute atomic E-state index is 0.0626. The molecule has 3 saturated heterocycles. The predicted octanol–water partition coefficient (Wildman–Crippen LogP) is 8.17. The van der Waals surface area contributed by atoms with Crippen molar-refractivity contribution in [3.8, 4) is 5.75 Å². The summed E-state index contributed by atoms with van der Waals surface area (Å²) in [6, 6.07) is 15.1. The highest BCUT2D eigenvalue weighted by molar-refractivity contribution is 7.71. The Hall–Kier alpha value is -5.21. The van der Waals surface area contributed by atoms with Crippen molar-refractivity contribution in [3.63, 3.8) is 0 Å². The molecule has 5 aromatic rings. The molecule has 344 valence electrons. The number of piperidine rings is 2. The number of nitrogens with zero attached hydrogens (tertiary/aromatic N) is 6. The maximum absolute atomic E-state index is 15.1. The lowest BCUT2D eigenvalue weighted by molar-refractivity contribution is -0.134. The molecule has 2 aromatic heterocycles. The van der Waals surface area contributed by atoms with Crippen molar-refractivity contribution in [2.75, 3.05) is 81.8 Å². The molecule has 1 unspecified atom stereocenters. The summed E-state index contributed by atoms with van der Waals surface area (Å²) in [7, 11) is -1.12. The summed E-state index contributed by atoms with van der Waals surface area (Å²) in [5.74, 6) is -2.18. The molecule has 2 amide bonds. The Balaban J connectivity index is 0.874. The van der Waals surface area contributed by atoms with Crippen LogP contribution in [0.15, 0.2) is 54.7 Å². The molecule has 3 aromatic carbocycles. The summed E-state index contributed by atoms with van der Waals surface area (Å²) in [4.78, 5) is 45.2. The van der Waals surface area contributed by atoms with Crippen molar-refractivity contribution in [2.45, 2.75) is 70.8 Å². The molecule has 0 saturated carbocycles. The number of hydrogen-bond donors (Lipinski definition) is 3. The zero-order valence-electron chi connectivity index (χ0n) is 37.6. The second-order valence-electron chi connectivity index (χ2n) is 17.5. The Morgan fingerprint density at radius 3 is 2.29 bits per heavy atom. The number of piperazine rings is 1. The van der Waals surface area contributed by atoms with E-state index in [1.54, 1.807) is 20.4 Å². The van der Waals surface area contributed by atoms with Gasteiger partial charge in [-0.05, 0) is 99.4 Å². The number of methoxy groups -OCH3 is 1. The summed E-state index contributed by atoms with van der Waals surface area (Å²) >= 11 is 6.66. The van der Waals surface area contributed by atoms with E-state index < -0.39 is 36.5 Å². The number of fused-ring (bicyclic) bond motifs is 1. The van der Waals surface area contributed by atoms with Gasteiger partial charge in [0, 0.05) is 92.0 Å². The van der Waals surface area contributed by atoms with Crippen molar-refractivity contribution in [1.29, 1.82) is 0 Å². The summed E-state index contributed by atoms with van der Waals surface area (Å²) in [6.07, 6.45) is 5.86. The minimum atomic E-state index is -2.77. The van der Waals surface area contributed by atoms with E-state index in [9.17, 15) is 14.2 Å². The molecule has 8 rings (SSSR count). The van der Waals surface area contributed by atoms with E-state index in [2.05, 4.69) is 61.6 Å². The van der Waals surface area contributed by atoms with Crippen molar-refractivity contribution >= 4 is 75.6 Å². The van der Waals surface area contributed by atoms with Crippen molar-refractivity contribution in [2.24, 2.45) is 0 Å². The van der Waals surface area contributed by atoms with Crippen LogP contribution in [0.3, 0.4) is 0 Å². The zero-order valence-corrected chi connectivity index (χ0v) is 39.3. The van der Waals surface area contributed by atoms with Crippen LogP contribution in [-0.2, 0) is 33.4 Å². The predicted molar refractivity (Wildman–Crippen MR) is 255 cm³/mol. The molecule has 3 aliphatic rings. The summed E-state index contributed by atoms with van der Waals surface area (Å²) in [5.41, 5.74) is 5.74. The number of aromatic nitrogens is 3. The van der Waals surface area contributed by atoms with Crippen molar-refractivity contribution in [3.05, 3.63) is 93.8 Å². The topological polar surface area (TPSA) is 145 Å². The van der Waals surface area contributed by atoms with Crippen LogP contribution in [-0.4, -0.2) is 109 Å². The third-order valence-corrected chi connectivity index (χ3v) is 14.8. The smallest absolute Gasteiger partial charge is 0.234 e. The number of aryl methyl sites for hydroxylation is 2. The zero-order chi connectivity index (χ0) is 46.0. The first-order valence-electron chi connectivity index (χ1n) is 22.5. The number of hydrogen-bond acceptors (Lipinski definition) is 12. The van der Waals surface area contributed by atoms with Gasteiger partial charge in [0.25, 0.3) is 0 Å². The quantitative estimate of drug-likeness (QED) is 0.0730. The molecule has 5 heterocycles. The highest BCUT2D eigenvalue weighted by Crippen LogP contribution is 2.42. The normalized spacial score (nSPS) is 18.0. The highest BCUT2D eigenvalue weighted by Gasteiger charge is 2.33. The largest absolute Gasteiger partial charge is 0.494 e. The molecule has 0 aliphatic carbocycles. The fraction of sp³-hybridized carbons (Fsp3) is 0.438. The standard InChI is InChI=1S/C48H57ClF2N9O4P/c1-6-30-26-40(55-48-52-28-35(49)46(57-48)54-39-12-11-38-33(45(39)65(4,5)63)9-8-31(7-2)53-38)42(64-3)27-41(30)60-18-15-32(16-19-60)59-22-20-58(21-23-59)17-14-29-24-36(50)44(37(51)25-29)34-10-13-43(61)56-47(34)62/h8-9,11-12,24-28,32,34H,6-7,10,13-23H2,1-5H3,(H,56,61,62)(H2,52,54,55,57). The van der Waals surface area contributed by atoms with E-state index >= 15 is 8.78 Å². The number of imide groups is 1. The summed E-state index contributed by atoms with van der Waals surface area (Å²) < 4.78 is 49.8. The third kappa shape index (κ3) is 10.3. The first-order chi connectivity index (χ1) is 31.2. The minimum Gasteiger partial charge on any atom is -0.494 e. The van der Waals surface area contributed by atoms with E-state index in [1.165, 1.54) is 23.9 Å². The number of benzene rings is 3. The number of carbonyl (C=O) groups excluding carboxylic acids is 2. The van der Waals surface area contributed by atoms with E-state index in [1.807, 2.05) is 24.3 Å². The lowest BCUT2D eigenvalue weighted by atomic mass is 9.89. The second-order valence-corrected chi connectivity index (χ2v) is 21.1. The molecule has 0 radical (unpaired) electrons. The number of ether oxygens (including phenoxy) is 1. The molecule has 65 heavy (non-hydrogen) atoms. The Labute approximate surface area is 384 Å². The molecule has 3 fully saturated rings. The molecule has 0 spiro atoms. The van der Waals surface area contributed by atoms with Gasteiger partial charge in [-0.25, -0.2) is 13.8 Å². The van der Waals surface area contributed by atoms with Crippen LogP contribution >= 0.6 is 18.7 Å². The van der Waals surface area contributed by atoms with Gasteiger partial charge >= 0.3 is 0 Å². The van der Waals surface area contributed by atoms with Gasteiger partial charge in [-0.1, -0.05) is 31.5 Å². The Bertz CT molecular complexity index is 2630. The summed E-state index contributed by atoms with van der Waals surface area (Å²) in [5, 5.41) is 10.7. The van der Waals surface area contributed by atoms with Crippen LogP contribution in [0, 0.1) is 11.6 Å². The van der Waals surface area contributed by atoms with Gasteiger partial charge in [0.2, 0.25) is 17.8 Å². The van der Waals surface area contributed by atoms with E-state index in [0.717, 1.165) is 92.9 Å². The van der Waals surface area contributed by atoms with E-state index in [4.69, 9.17) is 26.3 Å². The number of pyridine rings is 1. The number of amides is 2. The van der Waals surface area contributed by atoms with Gasteiger partial charge in [-0.2, -0.15) is 4.98 Å². The molecule has 1 atom stereocenters. The van der Waals surface area contributed by atoms with Crippen LogP contribution in [0.1, 0.15) is 67.8 Å². The van der Waals surface area contributed by atoms with Gasteiger partial charge < -0.3 is 29.7 Å². The maximum Gasteiger partial charge on any atom is 0.234 e. The van der Waals surface area contributed by atoms with Crippen molar-refractivity contribution in [1.82, 2.24) is 30.1 Å². The third-order valence-electron chi connectivity index (χ3n) is 13.0. The molecular weight excluding hydrogens is 871 g/mol. The second kappa shape index (κ2) is 19.7. The molecule has 3 aliphatic heterocycles. The van der Waals surface area contributed by atoms with Gasteiger partial charge in [-0.15, -0.1) is 0 Å². The fourth-order valence-electron chi connectivity index (χ4n) is 9.52. The number of carbonyl (C=O) groups is 2. The van der Waals surface area contributed by atoms with Gasteiger partial charge in [-0.3, -0.25) is 24.8 Å². The van der Waals surface area contributed by atoms with Crippen molar-refractivity contribution < 1.29 is 27.7 Å². The average Bonchev–Trinajstić information content (AvgIpc) is 3.29. The molecule has 17 heteroatoms. The first-order valence-corrected chi connectivity index (χ1v) is 25.5. The van der Waals surface area contributed by atoms with Crippen LogP contribution in [0.5, 0.6) is 5.75 Å². The van der Waals surface area contributed by atoms with Crippen LogP contribution in [0.4, 0.5) is 37.6 Å². The lowest BCUT2D eigenvalue weighted by Gasteiger charge is -2.43. The Morgan fingerprint density at radius 1 is 0.892 bits per heavy atom. The number of rotatable bonds is 14. The van der Waals surface area contributed by atoms with E-state index in [-0.39, 0.29) is 18.4 Å². The molecule has 0 bridgehead atoms. The van der Waals surface area contributed by atoms with Crippen LogP contribution in [0.2, 0.25) is 5.02 Å². The monoisotopic (exact) mass is 927 g/mol. The van der Waals surface area contributed by atoms with Crippen LogP contribution in [0.25, 0.3) is 10.9 Å². The number of anilines is 5. The molecule has 3 N–H and O–H groups in total. The van der Waals surface area contributed by atoms with Gasteiger partial charge in [0.1, 0.15) is 29.5 Å². The average molecular weight is 928 g/mol. The molecular formula is C48H57ClF2N9O4P. The van der Waals surface area contributed by atoms with E-state index in [0.29, 0.717) is 58.1 Å². The maximum atomic E-state index is 15.1. The van der Waals surface area contributed by atoms with Crippen LogP contribution < -0.4 is 30.9 Å². The number of nitrogens with one attached hydrogen (secondary N) is 3. The SMILES string of the molecule is CCc1ccc2c(P(C)(C)=O)c(Nc3nc(Nc4cc(CC)c(N5CCC(N6CCN(CCc7cc(F)c(C8CCC(=O)NC8=O)c(F)c7)CC6)CC5)cc4OC)ncc3Cl)ccc2n1. The molecule has 13 nitrogen and oxygen atoms in total. The number of halogens is 3. The van der Waals surface area contributed by atoms with Gasteiger partial charge in [0.15, 0.2) is 5.82 Å². The summed E-state index contributed by atoms with van der Waals surface area (Å²) in [6.45, 7) is 13.8. The van der Waals surface area contributed by atoms with Gasteiger partial charge in [0.05, 0.1) is 36.1 Å². The Morgan fingerprint density at radius 2 is 1.63 bits per heavy atom. The first kappa shape index (κ1) is 46.3. The highest BCUT2D eigenvalue weighted by atomic mass is 35.5.